The highest BCUT2D eigenvalue weighted by molar-refractivity contribution is 7.91. The van der Waals surface area contributed by atoms with Crippen molar-refractivity contribution in [3.05, 3.63) is 0 Å². The van der Waals surface area contributed by atoms with Crippen molar-refractivity contribution in [3.8, 4) is 0 Å². The lowest BCUT2D eigenvalue weighted by atomic mass is 10.1. The minimum Gasteiger partial charge on any atom is -0.467 e. The van der Waals surface area contributed by atoms with Crippen molar-refractivity contribution >= 4 is 21.7 Å². The predicted molar refractivity (Wildman–Crippen MR) is 67.3 cm³/mol. The topological polar surface area (TPSA) is 90.0 Å². The van der Waals surface area contributed by atoms with Crippen molar-refractivity contribution in [2.75, 3.05) is 32.3 Å². The molecule has 0 aromatic rings. The second-order valence-corrected chi connectivity index (χ2v) is 6.72. The van der Waals surface area contributed by atoms with E-state index in [2.05, 4.69) is 4.74 Å². The Balaban J connectivity index is 2.93. The Morgan fingerprint density at radius 2 is 2.00 bits per heavy atom. The van der Waals surface area contributed by atoms with Crippen LogP contribution in [0.2, 0.25) is 0 Å². The molecule has 7 nitrogen and oxygen atoms in total. The van der Waals surface area contributed by atoms with E-state index in [1.807, 2.05) is 0 Å². The number of carbonyl (C=O) groups is 2. The molecule has 1 fully saturated rings. The van der Waals surface area contributed by atoms with E-state index in [0.29, 0.717) is 6.42 Å². The maximum atomic E-state index is 12.0. The van der Waals surface area contributed by atoms with E-state index in [4.69, 9.17) is 4.74 Å². The first kappa shape index (κ1) is 15.9. The summed E-state index contributed by atoms with van der Waals surface area (Å²) in [6.07, 6.45) is 0.332. The van der Waals surface area contributed by atoms with Crippen molar-refractivity contribution in [1.82, 2.24) is 4.90 Å². The van der Waals surface area contributed by atoms with E-state index >= 15 is 0 Å². The van der Waals surface area contributed by atoms with Crippen LogP contribution in [0.4, 0.5) is 0 Å². The summed E-state index contributed by atoms with van der Waals surface area (Å²) in [6, 6.07) is -1.33. The molecule has 0 spiro atoms. The number of methoxy groups -OCH3 is 2. The third-order valence-electron chi connectivity index (χ3n) is 3.12. The largest absolute Gasteiger partial charge is 0.467 e. The molecular formula is C11H19NO6S. The van der Waals surface area contributed by atoms with Crippen molar-refractivity contribution in [3.63, 3.8) is 0 Å². The van der Waals surface area contributed by atoms with Crippen LogP contribution in [0.15, 0.2) is 0 Å². The molecule has 0 aliphatic carbocycles. The Morgan fingerprint density at radius 1 is 1.37 bits per heavy atom. The van der Waals surface area contributed by atoms with Crippen LogP contribution in [0.25, 0.3) is 0 Å². The predicted octanol–water partition coefficient (Wildman–Crippen LogP) is -0.790. The van der Waals surface area contributed by atoms with E-state index in [1.165, 1.54) is 26.0 Å². The summed E-state index contributed by atoms with van der Waals surface area (Å²) in [4.78, 5) is 24.8. The van der Waals surface area contributed by atoms with E-state index in [9.17, 15) is 18.0 Å². The standard InChI is InChI=1S/C11H19NO6S/c1-8(11(14)18-3)12(10(13)6-17-2)9-4-5-19(15,16)7-9/h8-9H,4-7H2,1-3H3/t8-,9+/m1/s1. The number of esters is 1. The number of sulfone groups is 1. The van der Waals surface area contributed by atoms with Gasteiger partial charge in [-0.3, -0.25) is 4.79 Å². The highest BCUT2D eigenvalue weighted by Gasteiger charge is 2.39. The molecule has 8 heteroatoms. The van der Waals surface area contributed by atoms with E-state index < -0.39 is 33.8 Å². The number of amides is 1. The maximum absolute atomic E-state index is 12.0. The quantitative estimate of drug-likeness (QED) is 0.617. The lowest BCUT2D eigenvalue weighted by Crippen LogP contribution is -2.51. The van der Waals surface area contributed by atoms with Crippen LogP contribution < -0.4 is 0 Å². The minimum absolute atomic E-state index is 0.0301. The molecule has 19 heavy (non-hydrogen) atoms. The number of hydrogen-bond donors (Lipinski definition) is 0. The molecular weight excluding hydrogens is 274 g/mol. The van der Waals surface area contributed by atoms with Gasteiger partial charge in [0.05, 0.1) is 18.6 Å². The van der Waals surface area contributed by atoms with Crippen LogP contribution in [-0.2, 0) is 28.9 Å². The number of rotatable bonds is 5. The lowest BCUT2D eigenvalue weighted by molar-refractivity contribution is -0.155. The number of carbonyl (C=O) groups excluding carboxylic acids is 2. The summed E-state index contributed by atoms with van der Waals surface area (Å²) >= 11 is 0. The molecule has 1 aliphatic heterocycles. The molecule has 0 unspecified atom stereocenters. The molecule has 0 aromatic carbocycles. The third kappa shape index (κ3) is 3.90. The van der Waals surface area contributed by atoms with Crippen molar-refractivity contribution in [2.45, 2.75) is 25.4 Å². The maximum Gasteiger partial charge on any atom is 0.328 e. The van der Waals surface area contributed by atoms with Crippen LogP contribution in [0.5, 0.6) is 0 Å². The molecule has 2 atom stereocenters. The normalized spacial score (nSPS) is 22.8. The average Bonchev–Trinajstić information content (AvgIpc) is 2.69. The summed E-state index contributed by atoms with van der Waals surface area (Å²) in [5.74, 6) is -1.08. The molecule has 1 saturated heterocycles. The van der Waals surface area contributed by atoms with Gasteiger partial charge in [-0.25, -0.2) is 13.2 Å². The molecule has 110 valence electrons. The minimum atomic E-state index is -3.14. The second-order valence-electron chi connectivity index (χ2n) is 4.49. The Hall–Kier alpha value is -1.15. The third-order valence-corrected chi connectivity index (χ3v) is 4.87. The second kappa shape index (κ2) is 6.33. The smallest absolute Gasteiger partial charge is 0.328 e. The summed E-state index contributed by atoms with van der Waals surface area (Å²) < 4.78 is 32.4. The number of ether oxygens (including phenoxy) is 2. The van der Waals surface area contributed by atoms with Gasteiger partial charge in [0.15, 0.2) is 9.84 Å². The monoisotopic (exact) mass is 293 g/mol. The Kier molecular flexibility index (Phi) is 5.30. The fourth-order valence-electron chi connectivity index (χ4n) is 2.21. The van der Waals surface area contributed by atoms with Crippen LogP contribution >= 0.6 is 0 Å². The van der Waals surface area contributed by atoms with E-state index in [1.54, 1.807) is 0 Å². The molecule has 1 heterocycles. The van der Waals surface area contributed by atoms with Crippen LogP contribution in [-0.4, -0.2) is 69.6 Å². The van der Waals surface area contributed by atoms with Crippen molar-refractivity contribution in [1.29, 1.82) is 0 Å². The van der Waals surface area contributed by atoms with Gasteiger partial charge in [-0.1, -0.05) is 0 Å². The van der Waals surface area contributed by atoms with Gasteiger partial charge in [0, 0.05) is 13.2 Å². The van der Waals surface area contributed by atoms with Gasteiger partial charge < -0.3 is 14.4 Å². The van der Waals surface area contributed by atoms with Gasteiger partial charge in [0.25, 0.3) is 0 Å². The first-order valence-corrected chi connectivity index (χ1v) is 7.73. The number of nitrogens with zero attached hydrogens (tertiary/aromatic N) is 1. The van der Waals surface area contributed by atoms with Crippen LogP contribution in [0.3, 0.4) is 0 Å². The van der Waals surface area contributed by atoms with Crippen LogP contribution in [0.1, 0.15) is 13.3 Å². The van der Waals surface area contributed by atoms with Gasteiger partial charge in [0.1, 0.15) is 12.6 Å². The Labute approximate surface area is 112 Å². The highest BCUT2D eigenvalue weighted by Crippen LogP contribution is 2.20. The fraction of sp³-hybridized carbons (Fsp3) is 0.818. The summed E-state index contributed by atoms with van der Waals surface area (Å²) in [7, 11) is -0.551. The van der Waals surface area contributed by atoms with Crippen LogP contribution in [0, 0.1) is 0 Å². The lowest BCUT2D eigenvalue weighted by Gasteiger charge is -2.32. The first-order chi connectivity index (χ1) is 8.82. The highest BCUT2D eigenvalue weighted by atomic mass is 32.2. The molecule has 1 aliphatic rings. The summed E-state index contributed by atoms with van der Waals surface area (Å²) in [6.45, 7) is 1.32. The summed E-state index contributed by atoms with van der Waals surface area (Å²) in [5.41, 5.74) is 0. The first-order valence-electron chi connectivity index (χ1n) is 5.90. The van der Waals surface area contributed by atoms with Crippen molar-refractivity contribution in [2.24, 2.45) is 0 Å². The zero-order valence-corrected chi connectivity index (χ0v) is 12.1. The molecule has 1 amide bonds. The van der Waals surface area contributed by atoms with Gasteiger partial charge in [0.2, 0.25) is 5.91 Å². The average molecular weight is 293 g/mol. The SMILES string of the molecule is COCC(=O)N([C@H]1CCS(=O)(=O)C1)[C@H](C)C(=O)OC. The number of hydrogen-bond acceptors (Lipinski definition) is 6. The van der Waals surface area contributed by atoms with Gasteiger partial charge in [-0.2, -0.15) is 0 Å². The van der Waals surface area contributed by atoms with Gasteiger partial charge >= 0.3 is 5.97 Å². The van der Waals surface area contributed by atoms with Crippen molar-refractivity contribution < 1.29 is 27.5 Å². The van der Waals surface area contributed by atoms with E-state index in [0.717, 1.165) is 0 Å². The molecule has 0 radical (unpaired) electrons. The molecule has 0 aromatic heterocycles. The van der Waals surface area contributed by atoms with E-state index in [-0.39, 0.29) is 18.1 Å². The molecule has 0 N–H and O–H groups in total. The van der Waals surface area contributed by atoms with Gasteiger partial charge in [-0.15, -0.1) is 0 Å². The summed E-state index contributed by atoms with van der Waals surface area (Å²) in [5, 5.41) is 0. The Bertz CT molecular complexity index is 446. The fourth-order valence-corrected chi connectivity index (χ4v) is 3.92. The zero-order valence-electron chi connectivity index (χ0n) is 11.3. The molecule has 1 rings (SSSR count). The Morgan fingerprint density at radius 3 is 2.42 bits per heavy atom. The molecule has 0 bridgehead atoms. The zero-order chi connectivity index (χ0) is 14.6. The molecule has 0 saturated carbocycles. The van der Waals surface area contributed by atoms with Gasteiger partial charge in [-0.05, 0) is 13.3 Å².